The highest BCUT2D eigenvalue weighted by atomic mass is 16.6. The molecule has 100 valence electrons. The summed E-state index contributed by atoms with van der Waals surface area (Å²) in [5.74, 6) is 6.26. The first kappa shape index (κ1) is 12.4. The predicted octanol–water partition coefficient (Wildman–Crippen LogP) is 2.19. The van der Waals surface area contributed by atoms with Gasteiger partial charge in [0.15, 0.2) is 5.65 Å². The average Bonchev–Trinajstić information content (AvgIpc) is 2.93. The van der Waals surface area contributed by atoms with Gasteiger partial charge >= 0.3 is 0 Å². The maximum absolute atomic E-state index is 4.80. The second kappa shape index (κ2) is 5.57. The van der Waals surface area contributed by atoms with Crippen molar-refractivity contribution in [1.29, 1.82) is 0 Å². The van der Waals surface area contributed by atoms with Crippen LogP contribution in [0.5, 0.6) is 0 Å². The van der Waals surface area contributed by atoms with Crippen molar-refractivity contribution in [3.8, 4) is 11.8 Å². The van der Waals surface area contributed by atoms with Crippen LogP contribution in [0, 0.1) is 11.8 Å². The number of rotatable bonds is 1. The Morgan fingerprint density at radius 3 is 3.15 bits per heavy atom. The van der Waals surface area contributed by atoms with Crippen molar-refractivity contribution in [3.63, 3.8) is 0 Å². The SMILES string of the molecule is CON=C1C=C(C#Cc2ccn3nccc3n2)CCC1. The molecule has 2 heterocycles. The van der Waals surface area contributed by atoms with Crippen LogP contribution < -0.4 is 0 Å². The molecule has 0 saturated carbocycles. The second-order valence-corrected chi connectivity index (χ2v) is 4.49. The van der Waals surface area contributed by atoms with Crippen LogP contribution in [0.1, 0.15) is 25.0 Å². The Morgan fingerprint density at radius 1 is 1.30 bits per heavy atom. The predicted molar refractivity (Wildman–Crippen MR) is 76.2 cm³/mol. The van der Waals surface area contributed by atoms with Gasteiger partial charge in [-0.15, -0.1) is 0 Å². The zero-order valence-corrected chi connectivity index (χ0v) is 11.2. The summed E-state index contributed by atoms with van der Waals surface area (Å²) in [6.07, 6.45) is 8.55. The lowest BCUT2D eigenvalue weighted by Gasteiger charge is -2.08. The van der Waals surface area contributed by atoms with Gasteiger partial charge in [-0.3, -0.25) is 0 Å². The molecule has 2 aromatic heterocycles. The van der Waals surface area contributed by atoms with E-state index in [1.807, 2.05) is 24.4 Å². The topological polar surface area (TPSA) is 51.8 Å². The van der Waals surface area contributed by atoms with Crippen molar-refractivity contribution < 1.29 is 4.84 Å². The van der Waals surface area contributed by atoms with Crippen LogP contribution in [0.25, 0.3) is 5.65 Å². The second-order valence-electron chi connectivity index (χ2n) is 4.49. The zero-order valence-electron chi connectivity index (χ0n) is 11.2. The molecule has 0 amide bonds. The van der Waals surface area contributed by atoms with Gasteiger partial charge in [-0.25, -0.2) is 9.50 Å². The van der Waals surface area contributed by atoms with Gasteiger partial charge in [0.05, 0.1) is 11.9 Å². The first-order valence-corrected chi connectivity index (χ1v) is 6.48. The molecular weight excluding hydrogens is 252 g/mol. The maximum atomic E-state index is 4.80. The molecule has 0 fully saturated rings. The summed E-state index contributed by atoms with van der Waals surface area (Å²) in [5, 5.41) is 8.07. The minimum atomic E-state index is 0.745. The lowest BCUT2D eigenvalue weighted by Crippen LogP contribution is -2.03. The Balaban J connectivity index is 1.85. The van der Waals surface area contributed by atoms with Crippen LogP contribution in [0.15, 0.2) is 41.3 Å². The summed E-state index contributed by atoms with van der Waals surface area (Å²) in [7, 11) is 1.56. The van der Waals surface area contributed by atoms with Crippen LogP contribution in [0.2, 0.25) is 0 Å². The highest BCUT2D eigenvalue weighted by Gasteiger charge is 2.07. The smallest absolute Gasteiger partial charge is 0.156 e. The largest absolute Gasteiger partial charge is 0.399 e. The fraction of sp³-hybridized carbons (Fsp3) is 0.267. The fourth-order valence-electron chi connectivity index (χ4n) is 2.12. The Morgan fingerprint density at radius 2 is 2.25 bits per heavy atom. The molecule has 5 nitrogen and oxygen atoms in total. The number of aromatic nitrogens is 3. The molecule has 0 bridgehead atoms. The Kier molecular flexibility index (Phi) is 3.46. The maximum Gasteiger partial charge on any atom is 0.156 e. The lowest BCUT2D eigenvalue weighted by molar-refractivity contribution is 0.213. The van der Waals surface area contributed by atoms with Gasteiger partial charge in [0.25, 0.3) is 0 Å². The zero-order chi connectivity index (χ0) is 13.8. The standard InChI is InChI=1S/C15H14N4O/c1-20-18-14-4-2-3-12(11-14)5-6-13-8-10-19-15(17-13)7-9-16-19/h7-11H,2-4H2,1H3. The summed E-state index contributed by atoms with van der Waals surface area (Å²) in [4.78, 5) is 9.22. The highest BCUT2D eigenvalue weighted by Crippen LogP contribution is 2.15. The van der Waals surface area contributed by atoms with E-state index in [2.05, 4.69) is 27.1 Å². The van der Waals surface area contributed by atoms with Crippen LogP contribution in [-0.4, -0.2) is 27.4 Å². The molecule has 0 unspecified atom stereocenters. The van der Waals surface area contributed by atoms with Gasteiger partial charge in [-0.2, -0.15) is 5.10 Å². The van der Waals surface area contributed by atoms with Crippen LogP contribution >= 0.6 is 0 Å². The van der Waals surface area contributed by atoms with E-state index in [1.54, 1.807) is 17.8 Å². The fourth-order valence-corrected chi connectivity index (χ4v) is 2.12. The van der Waals surface area contributed by atoms with Gasteiger partial charge < -0.3 is 4.84 Å². The molecule has 0 spiro atoms. The quantitative estimate of drug-likeness (QED) is 0.587. The molecule has 0 saturated heterocycles. The van der Waals surface area contributed by atoms with Crippen LogP contribution in [-0.2, 0) is 4.84 Å². The van der Waals surface area contributed by atoms with Crippen LogP contribution in [0.3, 0.4) is 0 Å². The van der Waals surface area contributed by atoms with Crippen molar-refractivity contribution in [2.75, 3.05) is 7.11 Å². The molecule has 2 aromatic rings. The molecule has 5 heteroatoms. The molecular formula is C15H14N4O. The Labute approximate surface area is 117 Å². The number of oxime groups is 1. The third kappa shape index (κ3) is 2.69. The van der Waals surface area contributed by atoms with Gasteiger partial charge in [-0.1, -0.05) is 11.1 Å². The minimum absolute atomic E-state index is 0.745. The molecule has 3 rings (SSSR count). The van der Waals surface area contributed by atoms with E-state index < -0.39 is 0 Å². The van der Waals surface area contributed by atoms with Crippen molar-refractivity contribution in [1.82, 2.24) is 14.6 Å². The molecule has 0 atom stereocenters. The number of fused-ring (bicyclic) bond motifs is 1. The molecule has 0 N–H and O–H groups in total. The van der Waals surface area contributed by atoms with E-state index in [9.17, 15) is 0 Å². The number of hydrogen-bond acceptors (Lipinski definition) is 4. The molecule has 1 aliphatic rings. The molecule has 0 aromatic carbocycles. The Hall–Kier alpha value is -2.61. The number of allylic oxidation sites excluding steroid dienone is 2. The van der Waals surface area contributed by atoms with Gasteiger partial charge in [-0.05, 0) is 37.3 Å². The van der Waals surface area contributed by atoms with E-state index in [1.165, 1.54) is 0 Å². The van der Waals surface area contributed by atoms with Crippen molar-refractivity contribution in [3.05, 3.63) is 41.9 Å². The summed E-state index contributed by atoms with van der Waals surface area (Å²) in [5.41, 5.74) is 3.57. The summed E-state index contributed by atoms with van der Waals surface area (Å²) >= 11 is 0. The van der Waals surface area contributed by atoms with Crippen molar-refractivity contribution >= 4 is 11.4 Å². The minimum Gasteiger partial charge on any atom is -0.399 e. The molecule has 0 aliphatic heterocycles. The van der Waals surface area contributed by atoms with E-state index in [0.29, 0.717) is 0 Å². The van der Waals surface area contributed by atoms with Crippen molar-refractivity contribution in [2.24, 2.45) is 5.16 Å². The molecule has 0 radical (unpaired) electrons. The lowest BCUT2D eigenvalue weighted by atomic mass is 9.98. The van der Waals surface area contributed by atoms with E-state index in [4.69, 9.17) is 4.84 Å². The molecule has 1 aliphatic carbocycles. The number of nitrogens with zero attached hydrogens (tertiary/aromatic N) is 4. The van der Waals surface area contributed by atoms with Gasteiger partial charge in [0, 0.05) is 17.8 Å². The van der Waals surface area contributed by atoms with Crippen LogP contribution in [0.4, 0.5) is 0 Å². The first-order chi connectivity index (χ1) is 9.85. The van der Waals surface area contributed by atoms with Gasteiger partial charge in [0.2, 0.25) is 0 Å². The molecule has 20 heavy (non-hydrogen) atoms. The number of hydrogen-bond donors (Lipinski definition) is 0. The monoisotopic (exact) mass is 266 g/mol. The summed E-state index contributed by atoms with van der Waals surface area (Å²) in [6, 6.07) is 3.72. The third-order valence-corrected chi connectivity index (χ3v) is 3.04. The Bertz CT molecular complexity index is 746. The van der Waals surface area contributed by atoms with E-state index in [0.717, 1.165) is 41.9 Å². The third-order valence-electron chi connectivity index (χ3n) is 3.04. The van der Waals surface area contributed by atoms with E-state index in [-0.39, 0.29) is 0 Å². The summed E-state index contributed by atoms with van der Waals surface area (Å²) < 4.78 is 1.72. The average molecular weight is 266 g/mol. The van der Waals surface area contributed by atoms with E-state index >= 15 is 0 Å². The highest BCUT2D eigenvalue weighted by molar-refractivity contribution is 5.96. The van der Waals surface area contributed by atoms with Gasteiger partial charge in [0.1, 0.15) is 12.8 Å². The normalized spacial score (nSPS) is 16.6. The summed E-state index contributed by atoms with van der Waals surface area (Å²) in [6.45, 7) is 0. The van der Waals surface area contributed by atoms with Crippen molar-refractivity contribution in [2.45, 2.75) is 19.3 Å². The first-order valence-electron chi connectivity index (χ1n) is 6.48.